The highest BCUT2D eigenvalue weighted by Gasteiger charge is 2.24. The molecule has 1 saturated carbocycles. The normalized spacial score (nSPS) is 21.3. The van der Waals surface area contributed by atoms with Crippen LogP contribution >= 0.6 is 0 Å². The number of nitrogens with one attached hydrogen (secondary N) is 2. The van der Waals surface area contributed by atoms with Gasteiger partial charge in [0.2, 0.25) is 0 Å². The molecule has 3 N–H and O–H groups in total. The Morgan fingerprint density at radius 1 is 1.43 bits per heavy atom. The van der Waals surface area contributed by atoms with Gasteiger partial charge in [0.25, 0.3) is 0 Å². The minimum absolute atomic E-state index is 0.262. The number of rotatable bonds is 5. The monoisotopic (exact) mass is 317 g/mol. The molecule has 0 aliphatic heterocycles. The number of carbonyl (C=O) groups excluding carboxylic acids is 1. The van der Waals surface area contributed by atoms with Crippen molar-refractivity contribution in [1.82, 2.24) is 9.97 Å². The van der Waals surface area contributed by atoms with Crippen molar-refractivity contribution in [1.29, 1.82) is 0 Å². The van der Waals surface area contributed by atoms with Crippen molar-refractivity contribution < 1.29 is 14.6 Å². The summed E-state index contributed by atoms with van der Waals surface area (Å²) in [6.07, 6.45) is 7.37. The smallest absolute Gasteiger partial charge is 0.341 e. The third-order valence-electron chi connectivity index (χ3n) is 4.54. The summed E-state index contributed by atoms with van der Waals surface area (Å²) >= 11 is 0. The number of H-pyrrole nitrogens is 1. The van der Waals surface area contributed by atoms with E-state index in [4.69, 9.17) is 4.74 Å². The minimum atomic E-state index is -0.352. The highest BCUT2D eigenvalue weighted by Crippen LogP contribution is 2.31. The van der Waals surface area contributed by atoms with E-state index in [0.29, 0.717) is 24.1 Å². The van der Waals surface area contributed by atoms with Gasteiger partial charge < -0.3 is 20.1 Å². The molecule has 0 spiro atoms. The lowest BCUT2D eigenvalue weighted by Crippen LogP contribution is -2.28. The Labute approximate surface area is 135 Å². The Hall–Kier alpha value is -2.08. The fourth-order valence-corrected chi connectivity index (χ4v) is 3.22. The molecule has 3 rings (SSSR count). The number of hydrogen-bond acceptors (Lipinski definition) is 5. The van der Waals surface area contributed by atoms with Crippen LogP contribution in [0.15, 0.2) is 18.5 Å². The average Bonchev–Trinajstić information content (AvgIpc) is 3.05. The van der Waals surface area contributed by atoms with Crippen molar-refractivity contribution in [3.05, 3.63) is 24.0 Å². The molecule has 0 bridgehead atoms. The molecule has 0 saturated heterocycles. The number of aliphatic hydroxyl groups excluding tert-OH is 1. The summed E-state index contributed by atoms with van der Waals surface area (Å²) < 4.78 is 5.16. The predicted octanol–water partition coefficient (Wildman–Crippen LogP) is 2.70. The average molecular weight is 317 g/mol. The Bertz CT molecular complexity index is 675. The molecule has 2 heterocycles. The highest BCUT2D eigenvalue weighted by molar-refractivity contribution is 6.04. The van der Waals surface area contributed by atoms with Crippen LogP contribution in [-0.2, 0) is 4.74 Å². The van der Waals surface area contributed by atoms with Gasteiger partial charge in [-0.05, 0) is 44.6 Å². The molecule has 1 aliphatic rings. The second-order valence-corrected chi connectivity index (χ2v) is 6.05. The first-order chi connectivity index (χ1) is 11.2. The van der Waals surface area contributed by atoms with E-state index in [1.807, 2.05) is 12.3 Å². The molecule has 6 heteroatoms. The Morgan fingerprint density at radius 2 is 2.22 bits per heavy atom. The number of fused-ring (bicyclic) bond motifs is 1. The second kappa shape index (κ2) is 7.00. The van der Waals surface area contributed by atoms with Gasteiger partial charge in [0.1, 0.15) is 11.2 Å². The molecule has 2 aromatic rings. The molecule has 23 heavy (non-hydrogen) atoms. The molecule has 124 valence electrons. The van der Waals surface area contributed by atoms with Crippen molar-refractivity contribution >= 4 is 22.7 Å². The minimum Gasteiger partial charge on any atom is -0.462 e. The van der Waals surface area contributed by atoms with Gasteiger partial charge in [-0.3, -0.25) is 0 Å². The van der Waals surface area contributed by atoms with E-state index in [0.717, 1.165) is 42.4 Å². The second-order valence-electron chi connectivity index (χ2n) is 6.05. The van der Waals surface area contributed by atoms with E-state index >= 15 is 0 Å². The van der Waals surface area contributed by atoms with Crippen LogP contribution in [0.2, 0.25) is 0 Å². The summed E-state index contributed by atoms with van der Waals surface area (Å²) in [5.74, 6) is 0.0527. The van der Waals surface area contributed by atoms with Gasteiger partial charge in [0.15, 0.2) is 0 Å². The summed E-state index contributed by atoms with van der Waals surface area (Å²) in [6, 6.07) is 2.22. The number of nitrogens with zero attached hydrogens (tertiary/aromatic N) is 1. The zero-order valence-electron chi connectivity index (χ0n) is 13.3. The van der Waals surface area contributed by atoms with Gasteiger partial charge in [-0.15, -0.1) is 0 Å². The quantitative estimate of drug-likeness (QED) is 0.738. The first kappa shape index (κ1) is 15.8. The van der Waals surface area contributed by atoms with Crippen LogP contribution in [-0.4, -0.2) is 40.3 Å². The maximum atomic E-state index is 12.2. The topological polar surface area (TPSA) is 87.2 Å². The number of pyridine rings is 1. The van der Waals surface area contributed by atoms with Gasteiger partial charge in [-0.25, -0.2) is 9.78 Å². The lowest BCUT2D eigenvalue weighted by molar-refractivity contribution is 0.0527. The third-order valence-corrected chi connectivity index (χ3v) is 4.54. The first-order valence-corrected chi connectivity index (χ1v) is 8.23. The van der Waals surface area contributed by atoms with Crippen LogP contribution in [0.25, 0.3) is 11.0 Å². The zero-order valence-corrected chi connectivity index (χ0v) is 13.3. The number of aliphatic hydroxyl groups is 1. The molecule has 1 aliphatic carbocycles. The maximum absolute atomic E-state index is 12.2. The molecule has 6 nitrogen and oxygen atoms in total. The summed E-state index contributed by atoms with van der Waals surface area (Å²) in [5.41, 5.74) is 2.02. The first-order valence-electron chi connectivity index (χ1n) is 8.23. The van der Waals surface area contributed by atoms with E-state index in [-0.39, 0.29) is 12.6 Å². The Balaban J connectivity index is 1.87. The maximum Gasteiger partial charge on any atom is 0.341 e. The summed E-state index contributed by atoms with van der Waals surface area (Å²) in [4.78, 5) is 19.6. The van der Waals surface area contributed by atoms with E-state index < -0.39 is 0 Å². The summed E-state index contributed by atoms with van der Waals surface area (Å²) in [5, 5.41) is 13.7. The van der Waals surface area contributed by atoms with Crippen LogP contribution in [0.4, 0.5) is 5.69 Å². The number of anilines is 1. The van der Waals surface area contributed by atoms with Gasteiger partial charge >= 0.3 is 5.97 Å². The van der Waals surface area contributed by atoms with E-state index in [1.54, 1.807) is 13.1 Å². The number of aromatic amines is 1. The molecule has 0 amide bonds. The number of ether oxygens (including phenoxy) is 1. The van der Waals surface area contributed by atoms with Crippen LogP contribution in [0.5, 0.6) is 0 Å². The predicted molar refractivity (Wildman–Crippen MR) is 88.5 cm³/mol. The Kier molecular flexibility index (Phi) is 4.81. The van der Waals surface area contributed by atoms with Gasteiger partial charge in [-0.1, -0.05) is 0 Å². The SMILES string of the molecule is CCOC(=O)c1cnc2[nH]ccc2c1NC1CCC(CO)CC1. The highest BCUT2D eigenvalue weighted by atomic mass is 16.5. The van der Waals surface area contributed by atoms with E-state index in [1.165, 1.54) is 0 Å². The molecule has 2 aromatic heterocycles. The van der Waals surface area contributed by atoms with Crippen molar-refractivity contribution in [3.8, 4) is 0 Å². The molecular weight excluding hydrogens is 294 g/mol. The van der Waals surface area contributed by atoms with Gasteiger partial charge in [0.05, 0.1) is 12.3 Å². The third kappa shape index (κ3) is 3.32. The Morgan fingerprint density at radius 3 is 2.91 bits per heavy atom. The van der Waals surface area contributed by atoms with Crippen LogP contribution in [0.1, 0.15) is 43.0 Å². The standard InChI is InChI=1S/C17H23N3O3/c1-2-23-17(22)14-9-19-16-13(7-8-18-16)15(14)20-12-5-3-11(10-21)4-6-12/h7-9,11-12,21H,2-6,10H2,1H3,(H2,18,19,20). The lowest BCUT2D eigenvalue weighted by Gasteiger charge is -2.29. The largest absolute Gasteiger partial charge is 0.462 e. The molecule has 0 radical (unpaired) electrons. The number of carbonyl (C=O) groups is 1. The summed E-state index contributed by atoms with van der Waals surface area (Å²) in [6.45, 7) is 2.40. The lowest BCUT2D eigenvalue weighted by atomic mass is 9.86. The van der Waals surface area contributed by atoms with Gasteiger partial charge in [0, 0.05) is 30.4 Å². The van der Waals surface area contributed by atoms with Crippen LogP contribution in [0.3, 0.4) is 0 Å². The van der Waals surface area contributed by atoms with Crippen molar-refractivity contribution in [2.75, 3.05) is 18.5 Å². The van der Waals surface area contributed by atoms with Crippen molar-refractivity contribution in [2.45, 2.75) is 38.6 Å². The molecular formula is C17H23N3O3. The van der Waals surface area contributed by atoms with E-state index in [9.17, 15) is 9.90 Å². The number of aromatic nitrogens is 2. The fraction of sp³-hybridized carbons (Fsp3) is 0.529. The van der Waals surface area contributed by atoms with E-state index in [2.05, 4.69) is 15.3 Å². The van der Waals surface area contributed by atoms with Crippen LogP contribution in [0, 0.1) is 5.92 Å². The molecule has 0 unspecified atom stereocenters. The van der Waals surface area contributed by atoms with Gasteiger partial charge in [-0.2, -0.15) is 0 Å². The summed E-state index contributed by atoms with van der Waals surface area (Å²) in [7, 11) is 0. The number of hydrogen-bond donors (Lipinski definition) is 3. The molecule has 0 aromatic carbocycles. The molecule has 1 fully saturated rings. The number of esters is 1. The van der Waals surface area contributed by atoms with Crippen molar-refractivity contribution in [2.24, 2.45) is 5.92 Å². The molecule has 0 atom stereocenters. The van der Waals surface area contributed by atoms with Crippen LogP contribution < -0.4 is 5.32 Å². The fourth-order valence-electron chi connectivity index (χ4n) is 3.22. The van der Waals surface area contributed by atoms with Crippen molar-refractivity contribution in [3.63, 3.8) is 0 Å². The zero-order chi connectivity index (χ0) is 16.2.